The number of fused-ring (bicyclic) bond motifs is 2. The average Bonchev–Trinajstić information content (AvgIpc) is 3.10. The third kappa shape index (κ3) is 3.23. The van der Waals surface area contributed by atoms with Gasteiger partial charge in [-0.15, -0.1) is 0 Å². The van der Waals surface area contributed by atoms with Crippen LogP contribution in [0.1, 0.15) is 36.8 Å². The first-order valence-corrected chi connectivity index (χ1v) is 7.81. The van der Waals surface area contributed by atoms with Gasteiger partial charge in [-0.05, 0) is 43.4 Å². The van der Waals surface area contributed by atoms with Crippen LogP contribution < -0.4 is 4.74 Å². The molecule has 0 amide bonds. The zero-order valence-electron chi connectivity index (χ0n) is 12.6. The molecule has 1 aromatic carbocycles. The van der Waals surface area contributed by atoms with E-state index in [1.165, 1.54) is 31.4 Å². The minimum Gasteiger partial charge on any atom is -0.496 e. The van der Waals surface area contributed by atoms with Crippen molar-refractivity contribution in [2.75, 3.05) is 20.3 Å². The molecule has 3 rings (SSSR count). The van der Waals surface area contributed by atoms with Gasteiger partial charge in [-0.25, -0.2) is 0 Å². The maximum absolute atomic E-state index is 8.80. The third-order valence-corrected chi connectivity index (χ3v) is 4.65. The van der Waals surface area contributed by atoms with Crippen molar-refractivity contribution in [3.8, 4) is 17.6 Å². The molecule has 0 aromatic heterocycles. The second kappa shape index (κ2) is 6.51. The third-order valence-electron chi connectivity index (χ3n) is 4.65. The molecule has 2 atom stereocenters. The Morgan fingerprint density at radius 3 is 2.95 bits per heavy atom. The summed E-state index contributed by atoms with van der Waals surface area (Å²) in [7, 11) is 1.73. The summed E-state index contributed by atoms with van der Waals surface area (Å²) in [5, 5.41) is 8.80. The van der Waals surface area contributed by atoms with Crippen LogP contribution in [0, 0.1) is 17.8 Å². The second-order valence-corrected chi connectivity index (χ2v) is 6.06. The van der Waals surface area contributed by atoms with Crippen molar-refractivity contribution in [1.29, 1.82) is 0 Å². The van der Waals surface area contributed by atoms with E-state index in [4.69, 9.17) is 9.84 Å². The van der Waals surface area contributed by atoms with Crippen LogP contribution >= 0.6 is 0 Å². The fourth-order valence-electron chi connectivity index (χ4n) is 3.64. The lowest BCUT2D eigenvalue weighted by atomic mass is 10.1. The van der Waals surface area contributed by atoms with Gasteiger partial charge in [0.2, 0.25) is 0 Å². The largest absolute Gasteiger partial charge is 0.496 e. The van der Waals surface area contributed by atoms with Crippen LogP contribution in [-0.2, 0) is 6.54 Å². The quantitative estimate of drug-likeness (QED) is 0.862. The van der Waals surface area contributed by atoms with Gasteiger partial charge in [-0.3, -0.25) is 4.90 Å². The normalized spacial score (nSPS) is 23.9. The number of likely N-dealkylation sites (tertiary alicyclic amines) is 1. The van der Waals surface area contributed by atoms with Crippen LogP contribution in [0.15, 0.2) is 18.2 Å². The van der Waals surface area contributed by atoms with Crippen molar-refractivity contribution in [2.45, 2.75) is 38.3 Å². The van der Waals surface area contributed by atoms with Gasteiger partial charge in [0.05, 0.1) is 13.7 Å². The molecule has 1 N–H and O–H groups in total. The molecule has 1 saturated carbocycles. The van der Waals surface area contributed by atoms with E-state index in [-0.39, 0.29) is 6.61 Å². The van der Waals surface area contributed by atoms with Crippen molar-refractivity contribution >= 4 is 0 Å². The lowest BCUT2D eigenvalue weighted by molar-refractivity contribution is 0.203. The number of aliphatic hydroxyl groups excluding tert-OH is 1. The standard InChI is InChI=1S/C18H23NO2/c1-21-18-8-6-14(4-2-3-9-20)10-16(18)13-19-12-15-5-7-17(19)11-15/h6,8,10,15,17,20H,3,5,7,9,11-13H2,1H3. The Kier molecular flexibility index (Phi) is 4.48. The Hall–Kier alpha value is -1.50. The number of aliphatic hydroxyl groups is 1. The Balaban J connectivity index is 1.76. The summed E-state index contributed by atoms with van der Waals surface area (Å²) in [6.07, 6.45) is 4.66. The lowest BCUT2D eigenvalue weighted by Gasteiger charge is -2.27. The van der Waals surface area contributed by atoms with Crippen LogP contribution in [-0.4, -0.2) is 36.3 Å². The molecule has 0 radical (unpaired) electrons. The Morgan fingerprint density at radius 2 is 2.29 bits per heavy atom. The van der Waals surface area contributed by atoms with E-state index in [2.05, 4.69) is 22.8 Å². The maximum Gasteiger partial charge on any atom is 0.123 e. The molecule has 3 heteroatoms. The fourth-order valence-corrected chi connectivity index (χ4v) is 3.64. The van der Waals surface area contributed by atoms with Gasteiger partial charge < -0.3 is 9.84 Å². The number of benzene rings is 1. The number of nitrogens with zero attached hydrogens (tertiary/aromatic N) is 1. The highest BCUT2D eigenvalue weighted by molar-refractivity contribution is 5.44. The first-order valence-electron chi connectivity index (χ1n) is 7.81. The van der Waals surface area contributed by atoms with Crippen molar-refractivity contribution in [3.63, 3.8) is 0 Å². The smallest absolute Gasteiger partial charge is 0.123 e. The maximum atomic E-state index is 8.80. The summed E-state index contributed by atoms with van der Waals surface area (Å²) in [5.74, 6) is 7.95. The van der Waals surface area contributed by atoms with Crippen LogP contribution in [0.25, 0.3) is 0 Å². The van der Waals surface area contributed by atoms with Crippen molar-refractivity contribution in [1.82, 2.24) is 4.90 Å². The molecule has 0 spiro atoms. The van der Waals surface area contributed by atoms with Gasteiger partial charge in [0, 0.05) is 36.7 Å². The van der Waals surface area contributed by atoms with Crippen LogP contribution in [0.2, 0.25) is 0 Å². The summed E-state index contributed by atoms with van der Waals surface area (Å²) in [6.45, 7) is 2.31. The van der Waals surface area contributed by atoms with Crippen LogP contribution in [0.3, 0.4) is 0 Å². The monoisotopic (exact) mass is 285 g/mol. The second-order valence-electron chi connectivity index (χ2n) is 6.06. The topological polar surface area (TPSA) is 32.7 Å². The minimum atomic E-state index is 0.118. The number of rotatable bonds is 4. The molecule has 1 aliphatic carbocycles. The van der Waals surface area contributed by atoms with Gasteiger partial charge in [-0.2, -0.15) is 0 Å². The molecule has 1 aromatic rings. The number of hydrogen-bond donors (Lipinski definition) is 1. The van der Waals surface area contributed by atoms with Crippen LogP contribution in [0.5, 0.6) is 5.75 Å². The molecular formula is C18H23NO2. The van der Waals surface area contributed by atoms with Crippen molar-refractivity contribution in [3.05, 3.63) is 29.3 Å². The molecule has 2 aliphatic rings. The summed E-state index contributed by atoms with van der Waals surface area (Å²) < 4.78 is 5.50. The first-order chi connectivity index (χ1) is 10.3. The number of ether oxygens (including phenoxy) is 1. The Morgan fingerprint density at radius 1 is 1.38 bits per heavy atom. The fraction of sp³-hybridized carbons (Fsp3) is 0.556. The van der Waals surface area contributed by atoms with E-state index < -0.39 is 0 Å². The predicted octanol–water partition coefficient (Wildman–Crippen LogP) is 2.41. The molecule has 1 heterocycles. The van der Waals surface area contributed by atoms with Gasteiger partial charge in [0.1, 0.15) is 5.75 Å². The molecule has 112 valence electrons. The van der Waals surface area contributed by atoms with E-state index in [1.54, 1.807) is 7.11 Å². The van der Waals surface area contributed by atoms with Crippen molar-refractivity contribution < 1.29 is 9.84 Å². The summed E-state index contributed by atoms with van der Waals surface area (Å²) in [4.78, 5) is 2.59. The minimum absolute atomic E-state index is 0.118. The zero-order valence-corrected chi connectivity index (χ0v) is 12.6. The highest BCUT2D eigenvalue weighted by Crippen LogP contribution is 2.38. The molecule has 21 heavy (non-hydrogen) atoms. The summed E-state index contributed by atoms with van der Waals surface area (Å²) in [5.41, 5.74) is 2.23. The number of hydrogen-bond acceptors (Lipinski definition) is 3. The van der Waals surface area contributed by atoms with E-state index in [0.29, 0.717) is 6.42 Å². The zero-order chi connectivity index (χ0) is 14.7. The Labute approximate surface area is 126 Å². The number of methoxy groups -OCH3 is 1. The van der Waals surface area contributed by atoms with Gasteiger partial charge in [-0.1, -0.05) is 11.8 Å². The highest BCUT2D eigenvalue weighted by atomic mass is 16.5. The molecule has 2 fully saturated rings. The van der Waals surface area contributed by atoms with E-state index in [0.717, 1.165) is 29.8 Å². The average molecular weight is 285 g/mol. The molecule has 2 unspecified atom stereocenters. The number of piperidine rings is 1. The summed E-state index contributed by atoms with van der Waals surface area (Å²) in [6, 6.07) is 6.90. The lowest BCUT2D eigenvalue weighted by Crippen LogP contribution is -2.31. The van der Waals surface area contributed by atoms with E-state index in [1.807, 2.05) is 12.1 Å². The van der Waals surface area contributed by atoms with Gasteiger partial charge in [0.15, 0.2) is 0 Å². The molecule has 1 aliphatic heterocycles. The van der Waals surface area contributed by atoms with Crippen molar-refractivity contribution in [2.24, 2.45) is 5.92 Å². The summed E-state index contributed by atoms with van der Waals surface area (Å²) >= 11 is 0. The van der Waals surface area contributed by atoms with Crippen LogP contribution in [0.4, 0.5) is 0 Å². The van der Waals surface area contributed by atoms with Gasteiger partial charge in [0.25, 0.3) is 0 Å². The molecule has 1 saturated heterocycles. The van der Waals surface area contributed by atoms with Gasteiger partial charge >= 0.3 is 0 Å². The Bertz CT molecular complexity index is 558. The first kappa shape index (κ1) is 14.4. The molecule has 3 nitrogen and oxygen atoms in total. The van der Waals surface area contributed by atoms with E-state index >= 15 is 0 Å². The molecule has 2 bridgehead atoms. The predicted molar refractivity (Wildman–Crippen MR) is 83.1 cm³/mol. The highest BCUT2D eigenvalue weighted by Gasteiger charge is 2.37. The SMILES string of the molecule is COc1ccc(C#CCCO)cc1CN1CC2CCC1C2. The van der Waals surface area contributed by atoms with E-state index in [9.17, 15) is 0 Å². The molecular weight excluding hydrogens is 262 g/mol.